The average molecular weight is 266 g/mol. The van der Waals surface area contributed by atoms with Crippen LogP contribution in [-0.2, 0) is 0 Å². The van der Waals surface area contributed by atoms with Crippen LogP contribution in [0.1, 0.15) is 25.7 Å². The molecule has 1 aromatic heterocycles. The Balaban J connectivity index is 2.01. The van der Waals surface area contributed by atoms with Gasteiger partial charge in [-0.05, 0) is 33.2 Å². The molecule has 1 heterocycles. The van der Waals surface area contributed by atoms with Crippen molar-refractivity contribution in [1.29, 1.82) is 0 Å². The van der Waals surface area contributed by atoms with Crippen LogP contribution in [0, 0.1) is 0 Å². The first-order valence-corrected chi connectivity index (χ1v) is 7.66. The molecule has 1 N–H and O–H groups in total. The van der Waals surface area contributed by atoms with Gasteiger partial charge in [0.25, 0.3) is 0 Å². The lowest BCUT2D eigenvalue weighted by molar-refractivity contribution is 0.172. The first-order chi connectivity index (χ1) is 8.66. The van der Waals surface area contributed by atoms with Crippen LogP contribution in [0.25, 0.3) is 0 Å². The Morgan fingerprint density at radius 2 is 2.06 bits per heavy atom. The summed E-state index contributed by atoms with van der Waals surface area (Å²) in [6.07, 6.45) is 8.87. The second-order valence-electron chi connectivity index (χ2n) is 5.13. The summed E-state index contributed by atoms with van der Waals surface area (Å²) in [7, 11) is 4.36. The highest BCUT2D eigenvalue weighted by molar-refractivity contribution is 7.98. The zero-order chi connectivity index (χ0) is 13.0. The minimum atomic E-state index is 0.296. The molecular weight excluding hydrogens is 244 g/mol. The highest BCUT2D eigenvalue weighted by Gasteiger charge is 2.35. The molecule has 1 aromatic rings. The molecule has 2 rings (SSSR count). The summed E-state index contributed by atoms with van der Waals surface area (Å²) >= 11 is 1.64. The van der Waals surface area contributed by atoms with Crippen LogP contribution in [0.4, 0.5) is 5.82 Å². The third kappa shape index (κ3) is 2.95. The second-order valence-corrected chi connectivity index (χ2v) is 5.95. The summed E-state index contributed by atoms with van der Waals surface area (Å²) in [6, 6.07) is 2.02. The number of thioether (sulfide) groups is 1. The third-order valence-electron chi connectivity index (χ3n) is 3.93. The van der Waals surface area contributed by atoms with E-state index in [9.17, 15) is 0 Å². The van der Waals surface area contributed by atoms with Crippen molar-refractivity contribution in [3.63, 3.8) is 0 Å². The zero-order valence-corrected chi connectivity index (χ0v) is 12.3. The van der Waals surface area contributed by atoms with Gasteiger partial charge in [0.2, 0.25) is 0 Å². The minimum Gasteiger partial charge on any atom is -0.368 e. The number of anilines is 1. The van der Waals surface area contributed by atoms with E-state index in [1.807, 2.05) is 12.3 Å². The third-order valence-corrected chi connectivity index (χ3v) is 4.57. The maximum absolute atomic E-state index is 4.28. The minimum absolute atomic E-state index is 0.296. The van der Waals surface area contributed by atoms with Crippen molar-refractivity contribution < 1.29 is 0 Å². The van der Waals surface area contributed by atoms with Crippen molar-refractivity contribution in [3.8, 4) is 0 Å². The van der Waals surface area contributed by atoms with Crippen LogP contribution in [0.3, 0.4) is 0 Å². The fourth-order valence-corrected chi connectivity index (χ4v) is 3.00. The first kappa shape index (κ1) is 13.6. The van der Waals surface area contributed by atoms with Gasteiger partial charge < -0.3 is 10.2 Å². The Labute approximate surface area is 114 Å². The fraction of sp³-hybridized carbons (Fsp3) is 0.692. The lowest BCUT2D eigenvalue weighted by atomic mass is 9.96. The van der Waals surface area contributed by atoms with Gasteiger partial charge in [-0.25, -0.2) is 9.97 Å². The molecule has 0 amide bonds. The lowest BCUT2D eigenvalue weighted by Gasteiger charge is -2.36. The van der Waals surface area contributed by atoms with Crippen molar-refractivity contribution >= 4 is 17.6 Å². The second kappa shape index (κ2) is 5.89. The van der Waals surface area contributed by atoms with Crippen molar-refractivity contribution in [2.45, 2.75) is 36.2 Å². The van der Waals surface area contributed by atoms with Crippen molar-refractivity contribution in [1.82, 2.24) is 14.9 Å². The molecule has 0 bridgehead atoms. The van der Waals surface area contributed by atoms with Crippen molar-refractivity contribution in [3.05, 3.63) is 12.4 Å². The summed E-state index contributed by atoms with van der Waals surface area (Å²) in [5, 5.41) is 4.49. The molecule has 0 spiro atoms. The molecule has 4 nitrogen and oxygen atoms in total. The van der Waals surface area contributed by atoms with Gasteiger partial charge in [-0.15, -0.1) is 11.8 Å². The molecule has 1 fully saturated rings. The van der Waals surface area contributed by atoms with Gasteiger partial charge in [0, 0.05) is 18.2 Å². The van der Waals surface area contributed by atoms with Crippen molar-refractivity contribution in [2.24, 2.45) is 0 Å². The highest BCUT2D eigenvalue weighted by Crippen LogP contribution is 2.33. The van der Waals surface area contributed by atoms with Crippen LogP contribution in [0.2, 0.25) is 0 Å². The van der Waals surface area contributed by atoms with E-state index in [1.54, 1.807) is 18.1 Å². The van der Waals surface area contributed by atoms with E-state index in [0.29, 0.717) is 5.54 Å². The van der Waals surface area contributed by atoms with E-state index in [4.69, 9.17) is 0 Å². The summed E-state index contributed by atoms with van der Waals surface area (Å²) < 4.78 is 0. The molecule has 0 aromatic carbocycles. The topological polar surface area (TPSA) is 41.0 Å². The number of likely N-dealkylation sites (N-methyl/N-ethyl adjacent to an activating group) is 1. The molecule has 0 radical (unpaired) electrons. The Morgan fingerprint density at radius 1 is 1.33 bits per heavy atom. The number of hydrogen-bond acceptors (Lipinski definition) is 5. The lowest BCUT2D eigenvalue weighted by Crippen LogP contribution is -2.47. The molecule has 0 unspecified atom stereocenters. The maximum atomic E-state index is 4.28. The smallest absolute Gasteiger partial charge is 0.130 e. The normalized spacial score (nSPS) is 18.2. The number of rotatable bonds is 5. The first-order valence-electron chi connectivity index (χ1n) is 6.44. The zero-order valence-electron chi connectivity index (χ0n) is 11.4. The van der Waals surface area contributed by atoms with Crippen LogP contribution in [-0.4, -0.2) is 47.3 Å². The molecular formula is C13H22N4S. The Kier molecular flexibility index (Phi) is 4.45. The Morgan fingerprint density at radius 3 is 2.67 bits per heavy atom. The van der Waals surface area contributed by atoms with Crippen LogP contribution >= 0.6 is 11.8 Å². The van der Waals surface area contributed by atoms with E-state index in [0.717, 1.165) is 17.4 Å². The molecule has 0 atom stereocenters. The van der Waals surface area contributed by atoms with E-state index in [1.165, 1.54) is 25.7 Å². The fourth-order valence-electron chi connectivity index (χ4n) is 2.62. The van der Waals surface area contributed by atoms with Gasteiger partial charge in [0.1, 0.15) is 17.2 Å². The van der Waals surface area contributed by atoms with Gasteiger partial charge in [-0.2, -0.15) is 0 Å². The molecule has 0 aliphatic heterocycles. The summed E-state index contributed by atoms with van der Waals surface area (Å²) in [5.74, 6) is 0.933. The van der Waals surface area contributed by atoms with Gasteiger partial charge in [0.15, 0.2) is 0 Å². The Bertz CT molecular complexity index is 388. The van der Waals surface area contributed by atoms with Gasteiger partial charge in [-0.3, -0.25) is 0 Å². The summed E-state index contributed by atoms with van der Waals surface area (Å²) in [5.41, 5.74) is 0.296. The molecule has 100 valence electrons. The number of hydrogen-bond donors (Lipinski definition) is 1. The van der Waals surface area contributed by atoms with Crippen molar-refractivity contribution in [2.75, 3.05) is 32.2 Å². The molecule has 5 heteroatoms. The van der Waals surface area contributed by atoms with Gasteiger partial charge >= 0.3 is 0 Å². The quantitative estimate of drug-likeness (QED) is 0.655. The van der Waals surface area contributed by atoms with E-state index in [2.05, 4.69) is 34.3 Å². The monoisotopic (exact) mass is 266 g/mol. The molecule has 18 heavy (non-hydrogen) atoms. The molecule has 0 saturated heterocycles. The van der Waals surface area contributed by atoms with Gasteiger partial charge in [0.05, 0.1) is 0 Å². The summed E-state index contributed by atoms with van der Waals surface area (Å²) in [4.78, 5) is 10.8. The largest absolute Gasteiger partial charge is 0.368 e. The predicted molar refractivity (Wildman–Crippen MR) is 77.2 cm³/mol. The number of nitrogens with zero attached hydrogens (tertiary/aromatic N) is 3. The van der Waals surface area contributed by atoms with E-state index < -0.39 is 0 Å². The molecule has 1 saturated carbocycles. The maximum Gasteiger partial charge on any atom is 0.130 e. The van der Waals surface area contributed by atoms with E-state index >= 15 is 0 Å². The predicted octanol–water partition coefficient (Wildman–Crippen LogP) is 2.48. The number of nitrogens with one attached hydrogen (secondary N) is 1. The van der Waals surface area contributed by atoms with Gasteiger partial charge in [-0.1, -0.05) is 12.8 Å². The summed E-state index contributed by atoms with van der Waals surface area (Å²) in [6.45, 7) is 0.963. The van der Waals surface area contributed by atoms with Crippen LogP contribution < -0.4 is 5.32 Å². The standard InChI is InChI=1S/C13H22N4S/c1-17(2)13(6-4-5-7-13)9-14-11-8-12(18-3)16-10-15-11/h8,10H,4-7,9H2,1-3H3,(H,14,15,16). The molecule has 1 aliphatic rings. The highest BCUT2D eigenvalue weighted by atomic mass is 32.2. The SMILES string of the molecule is CSc1cc(NCC2(N(C)C)CCCC2)ncn1. The average Bonchev–Trinajstić information content (AvgIpc) is 2.87. The van der Waals surface area contributed by atoms with Crippen LogP contribution in [0.15, 0.2) is 17.4 Å². The Hall–Kier alpha value is -0.810. The molecule has 1 aliphatic carbocycles. The van der Waals surface area contributed by atoms with Crippen LogP contribution in [0.5, 0.6) is 0 Å². The number of aromatic nitrogens is 2. The van der Waals surface area contributed by atoms with E-state index in [-0.39, 0.29) is 0 Å².